The Bertz CT molecular complexity index is 313. The van der Waals surface area contributed by atoms with Crippen molar-refractivity contribution in [2.24, 2.45) is 23.3 Å². The second-order valence-corrected chi connectivity index (χ2v) is 5.92. The third-order valence-electron chi connectivity index (χ3n) is 4.13. The largest absolute Gasteiger partial charge is 0.481 e. The van der Waals surface area contributed by atoms with Crippen LogP contribution in [-0.4, -0.2) is 34.2 Å². The molecule has 2 aliphatic rings. The zero-order chi connectivity index (χ0) is 15.1. The summed E-state index contributed by atoms with van der Waals surface area (Å²) < 4.78 is 0. The maximum Gasteiger partial charge on any atom is 0.306 e. The molecule has 0 bridgehead atoms. The minimum atomic E-state index is -0.685. The van der Waals surface area contributed by atoms with Crippen LogP contribution < -0.4 is 11.5 Å². The van der Waals surface area contributed by atoms with Crippen LogP contribution in [0.4, 0.5) is 0 Å². The predicted octanol–water partition coefficient (Wildman–Crippen LogP) is 2.02. The van der Waals surface area contributed by atoms with E-state index in [0.29, 0.717) is 12.8 Å². The van der Waals surface area contributed by atoms with Crippen molar-refractivity contribution in [1.29, 1.82) is 0 Å². The standard InChI is InChI=1S/2C7H13NO2.2ClH/c2*8-6-3-1-2-5(4-6)7(9)10;;/h2*5-6H,1-4,8H2,(H,9,10);2*1H/t2*5-,6+;;/m10../s1. The van der Waals surface area contributed by atoms with Crippen LogP contribution in [0.3, 0.4) is 0 Å². The van der Waals surface area contributed by atoms with Gasteiger partial charge in [0.1, 0.15) is 0 Å². The average molecular weight is 359 g/mol. The molecule has 22 heavy (non-hydrogen) atoms. The predicted molar refractivity (Wildman–Crippen MR) is 89.6 cm³/mol. The molecule has 0 unspecified atom stereocenters. The van der Waals surface area contributed by atoms with Gasteiger partial charge in [0, 0.05) is 12.1 Å². The molecule has 0 saturated heterocycles. The van der Waals surface area contributed by atoms with Gasteiger partial charge in [-0.3, -0.25) is 9.59 Å². The topological polar surface area (TPSA) is 127 Å². The van der Waals surface area contributed by atoms with E-state index in [1.807, 2.05) is 0 Å². The van der Waals surface area contributed by atoms with Gasteiger partial charge in [0.05, 0.1) is 11.8 Å². The second kappa shape index (κ2) is 11.9. The third kappa shape index (κ3) is 8.78. The molecule has 0 spiro atoms. The van der Waals surface area contributed by atoms with Crippen LogP contribution in [0.5, 0.6) is 0 Å². The van der Waals surface area contributed by atoms with E-state index >= 15 is 0 Å². The first-order valence-electron chi connectivity index (χ1n) is 7.37. The van der Waals surface area contributed by atoms with E-state index in [-0.39, 0.29) is 48.7 Å². The van der Waals surface area contributed by atoms with Gasteiger partial charge >= 0.3 is 11.9 Å². The minimum absolute atomic E-state index is 0. The molecule has 6 N–H and O–H groups in total. The van der Waals surface area contributed by atoms with Gasteiger partial charge in [0.2, 0.25) is 0 Å². The summed E-state index contributed by atoms with van der Waals surface area (Å²) in [5.41, 5.74) is 11.2. The van der Waals surface area contributed by atoms with Crippen LogP contribution in [0.15, 0.2) is 0 Å². The van der Waals surface area contributed by atoms with Crippen molar-refractivity contribution in [2.45, 2.75) is 63.5 Å². The van der Waals surface area contributed by atoms with Crippen molar-refractivity contribution in [1.82, 2.24) is 0 Å². The molecule has 0 amide bonds. The van der Waals surface area contributed by atoms with Gasteiger partial charge in [-0.05, 0) is 38.5 Å². The average Bonchev–Trinajstić information content (AvgIpc) is 2.39. The molecule has 0 aromatic heterocycles. The molecule has 0 radical (unpaired) electrons. The van der Waals surface area contributed by atoms with Crippen LogP contribution in [0.1, 0.15) is 51.4 Å². The van der Waals surface area contributed by atoms with Gasteiger partial charge < -0.3 is 21.7 Å². The third-order valence-corrected chi connectivity index (χ3v) is 4.13. The SMILES string of the molecule is Cl.Cl.N[C@@H]1CCC[C@H](C(=O)O)C1.N[C@H]1CCC[C@@H](C(=O)O)C1. The molecule has 0 aromatic carbocycles. The van der Waals surface area contributed by atoms with E-state index in [0.717, 1.165) is 38.5 Å². The first-order chi connectivity index (χ1) is 9.40. The van der Waals surface area contributed by atoms with Crippen molar-refractivity contribution in [3.05, 3.63) is 0 Å². The molecular weight excluding hydrogens is 331 g/mol. The van der Waals surface area contributed by atoms with Gasteiger partial charge in [0.25, 0.3) is 0 Å². The minimum Gasteiger partial charge on any atom is -0.481 e. The lowest BCUT2D eigenvalue weighted by Gasteiger charge is -2.22. The van der Waals surface area contributed by atoms with Crippen molar-refractivity contribution in [2.75, 3.05) is 0 Å². The molecule has 2 saturated carbocycles. The number of carboxylic acid groups (broad SMARTS) is 2. The fourth-order valence-corrected chi connectivity index (χ4v) is 2.90. The molecule has 0 aliphatic heterocycles. The smallest absolute Gasteiger partial charge is 0.306 e. The highest BCUT2D eigenvalue weighted by Gasteiger charge is 2.25. The molecule has 2 rings (SSSR count). The normalized spacial score (nSPS) is 30.6. The van der Waals surface area contributed by atoms with E-state index in [2.05, 4.69) is 0 Å². The zero-order valence-corrected chi connectivity index (χ0v) is 14.3. The van der Waals surface area contributed by atoms with Crippen LogP contribution in [0, 0.1) is 11.8 Å². The molecular formula is C14H28Cl2N2O4. The molecule has 2 fully saturated rings. The van der Waals surface area contributed by atoms with Crippen LogP contribution in [0.2, 0.25) is 0 Å². The lowest BCUT2D eigenvalue weighted by molar-refractivity contribution is -0.143. The van der Waals surface area contributed by atoms with E-state index in [1.165, 1.54) is 0 Å². The highest BCUT2D eigenvalue weighted by molar-refractivity contribution is 5.85. The number of rotatable bonds is 2. The van der Waals surface area contributed by atoms with E-state index in [4.69, 9.17) is 21.7 Å². The molecule has 2 aliphatic carbocycles. The molecule has 0 heterocycles. The lowest BCUT2D eigenvalue weighted by Crippen LogP contribution is -2.31. The summed E-state index contributed by atoms with van der Waals surface area (Å²) in [6, 6.07) is 0.240. The monoisotopic (exact) mass is 358 g/mol. The number of aliphatic carboxylic acids is 2. The first kappa shape index (κ1) is 23.7. The Morgan fingerprint density at radius 3 is 1.23 bits per heavy atom. The summed E-state index contributed by atoms with van der Waals surface area (Å²) in [6.45, 7) is 0. The van der Waals surface area contributed by atoms with Crippen LogP contribution in [-0.2, 0) is 9.59 Å². The zero-order valence-electron chi connectivity index (χ0n) is 12.6. The van der Waals surface area contributed by atoms with Gasteiger partial charge in [-0.15, -0.1) is 24.8 Å². The fourth-order valence-electron chi connectivity index (χ4n) is 2.90. The Labute approximate surface area is 143 Å². The first-order valence-corrected chi connectivity index (χ1v) is 7.37. The Morgan fingerprint density at radius 1 is 0.727 bits per heavy atom. The van der Waals surface area contributed by atoms with Crippen molar-refractivity contribution in [3.8, 4) is 0 Å². The van der Waals surface area contributed by atoms with Gasteiger partial charge in [0.15, 0.2) is 0 Å². The Hall–Kier alpha value is -0.560. The number of carbonyl (C=O) groups is 2. The molecule has 8 heteroatoms. The van der Waals surface area contributed by atoms with Crippen molar-refractivity contribution in [3.63, 3.8) is 0 Å². The van der Waals surface area contributed by atoms with Crippen molar-refractivity contribution < 1.29 is 19.8 Å². The summed E-state index contributed by atoms with van der Waals surface area (Å²) >= 11 is 0. The van der Waals surface area contributed by atoms with E-state index < -0.39 is 11.9 Å². The number of carboxylic acids is 2. The number of nitrogens with two attached hydrogens (primary N) is 2. The summed E-state index contributed by atoms with van der Waals surface area (Å²) in [5, 5.41) is 17.2. The molecule has 4 atom stereocenters. The van der Waals surface area contributed by atoms with Gasteiger partial charge in [-0.2, -0.15) is 0 Å². The number of hydrogen-bond acceptors (Lipinski definition) is 4. The molecule has 132 valence electrons. The quantitative estimate of drug-likeness (QED) is 0.597. The maximum atomic E-state index is 10.4. The summed E-state index contributed by atoms with van der Waals surface area (Å²) in [5.74, 6) is -1.72. The fraction of sp³-hybridized carbons (Fsp3) is 0.857. The number of halogens is 2. The van der Waals surface area contributed by atoms with Crippen LogP contribution in [0.25, 0.3) is 0 Å². The summed E-state index contributed by atoms with van der Waals surface area (Å²) in [4.78, 5) is 20.9. The Morgan fingerprint density at radius 2 is 1.05 bits per heavy atom. The van der Waals surface area contributed by atoms with Gasteiger partial charge in [-0.25, -0.2) is 0 Å². The summed E-state index contributed by atoms with van der Waals surface area (Å²) in [7, 11) is 0. The van der Waals surface area contributed by atoms with Crippen LogP contribution >= 0.6 is 24.8 Å². The Balaban J connectivity index is 0. The molecule has 6 nitrogen and oxygen atoms in total. The second-order valence-electron chi connectivity index (χ2n) is 5.92. The van der Waals surface area contributed by atoms with E-state index in [1.54, 1.807) is 0 Å². The van der Waals surface area contributed by atoms with Gasteiger partial charge in [-0.1, -0.05) is 12.8 Å². The lowest BCUT2D eigenvalue weighted by atomic mass is 9.86. The van der Waals surface area contributed by atoms with E-state index in [9.17, 15) is 9.59 Å². The molecule has 0 aromatic rings. The Kier molecular flexibility index (Phi) is 12.9. The highest BCUT2D eigenvalue weighted by atomic mass is 35.5. The number of hydrogen-bond donors (Lipinski definition) is 4. The highest BCUT2D eigenvalue weighted by Crippen LogP contribution is 2.23. The van der Waals surface area contributed by atoms with Crippen molar-refractivity contribution >= 4 is 36.8 Å². The maximum absolute atomic E-state index is 10.4. The summed E-state index contributed by atoms with van der Waals surface area (Å²) in [6.07, 6.45) is 6.86.